The summed E-state index contributed by atoms with van der Waals surface area (Å²) in [7, 11) is 0. The molecule has 1 heterocycles. The molecule has 1 amide bonds. The van der Waals surface area contributed by atoms with Gasteiger partial charge in [-0.1, -0.05) is 6.07 Å². The summed E-state index contributed by atoms with van der Waals surface area (Å²) in [6.07, 6.45) is 0.377. The molecule has 0 fully saturated rings. The van der Waals surface area contributed by atoms with Gasteiger partial charge in [-0.05, 0) is 55.2 Å². The maximum Gasteiger partial charge on any atom is 0.228 e. The largest absolute Gasteiger partial charge is 0.455 e. The molecule has 0 aliphatic carbocycles. The molecule has 0 spiro atoms. The van der Waals surface area contributed by atoms with Crippen molar-refractivity contribution in [2.75, 3.05) is 11.1 Å². The Hall–Kier alpha value is -2.49. The maximum absolute atomic E-state index is 11.4. The normalized spacial score (nSPS) is 13.0. The summed E-state index contributed by atoms with van der Waals surface area (Å²) in [6.45, 7) is 6.11. The number of amides is 1. The van der Waals surface area contributed by atoms with E-state index >= 15 is 0 Å². The average Bonchev–Trinajstić information content (AvgIpc) is 2.75. The van der Waals surface area contributed by atoms with Gasteiger partial charge < -0.3 is 15.8 Å². The number of hydrogen-bond donors (Lipinski definition) is 2. The SMILES string of the molecule is Cc1cc(C)c(C)c(Oc2cc3c(cc2N)CC(=O)N3)c1. The third-order valence-electron chi connectivity index (χ3n) is 3.84. The molecule has 2 aromatic rings. The quantitative estimate of drug-likeness (QED) is 0.829. The number of carbonyl (C=O) groups is 1. The van der Waals surface area contributed by atoms with Crippen LogP contribution in [0, 0.1) is 20.8 Å². The molecule has 1 aliphatic rings. The second-order valence-electron chi connectivity index (χ2n) is 5.58. The predicted molar refractivity (Wildman–Crippen MR) is 83.9 cm³/mol. The summed E-state index contributed by atoms with van der Waals surface area (Å²) in [5.41, 5.74) is 11.7. The maximum atomic E-state index is 11.4. The number of hydrogen-bond acceptors (Lipinski definition) is 3. The van der Waals surface area contributed by atoms with Crippen molar-refractivity contribution in [2.24, 2.45) is 0 Å². The molecule has 0 aromatic heterocycles. The van der Waals surface area contributed by atoms with Crippen molar-refractivity contribution in [2.45, 2.75) is 27.2 Å². The number of carbonyl (C=O) groups excluding carboxylic acids is 1. The molecule has 2 aromatic carbocycles. The Morgan fingerprint density at radius 2 is 1.86 bits per heavy atom. The van der Waals surface area contributed by atoms with Gasteiger partial charge in [-0.2, -0.15) is 0 Å². The highest BCUT2D eigenvalue weighted by atomic mass is 16.5. The molecule has 3 rings (SSSR count). The molecule has 4 nitrogen and oxygen atoms in total. The zero-order chi connectivity index (χ0) is 15.1. The molecule has 0 unspecified atom stereocenters. The van der Waals surface area contributed by atoms with E-state index in [0.717, 1.165) is 28.1 Å². The zero-order valence-corrected chi connectivity index (χ0v) is 12.4. The lowest BCUT2D eigenvalue weighted by molar-refractivity contribution is -0.115. The molecule has 108 valence electrons. The van der Waals surface area contributed by atoms with E-state index in [0.29, 0.717) is 17.9 Å². The van der Waals surface area contributed by atoms with Gasteiger partial charge in [0, 0.05) is 11.8 Å². The molecule has 3 N–H and O–H groups in total. The van der Waals surface area contributed by atoms with Gasteiger partial charge in [0.1, 0.15) is 5.75 Å². The highest BCUT2D eigenvalue weighted by Gasteiger charge is 2.20. The molecule has 1 aliphatic heterocycles. The van der Waals surface area contributed by atoms with Crippen molar-refractivity contribution >= 4 is 17.3 Å². The first-order chi connectivity index (χ1) is 9.94. The second-order valence-corrected chi connectivity index (χ2v) is 5.58. The van der Waals surface area contributed by atoms with Crippen LogP contribution in [0.2, 0.25) is 0 Å². The minimum Gasteiger partial charge on any atom is -0.455 e. The standard InChI is InChI=1S/C17H18N2O2/c1-9-4-10(2)11(3)15(5-9)21-16-8-14-12(6-13(16)18)7-17(20)19-14/h4-6,8H,7,18H2,1-3H3,(H,19,20). The van der Waals surface area contributed by atoms with E-state index in [1.165, 1.54) is 5.56 Å². The topological polar surface area (TPSA) is 64.3 Å². The zero-order valence-electron chi connectivity index (χ0n) is 12.4. The summed E-state index contributed by atoms with van der Waals surface area (Å²) in [5.74, 6) is 1.36. The monoisotopic (exact) mass is 282 g/mol. The Balaban J connectivity index is 2.00. The minimum atomic E-state index is -0.0101. The van der Waals surface area contributed by atoms with Gasteiger partial charge >= 0.3 is 0 Å². The molecule has 0 radical (unpaired) electrons. The van der Waals surface area contributed by atoms with Crippen molar-refractivity contribution in [3.63, 3.8) is 0 Å². The average molecular weight is 282 g/mol. The number of aryl methyl sites for hydroxylation is 2. The number of anilines is 2. The fourth-order valence-electron chi connectivity index (χ4n) is 2.59. The van der Waals surface area contributed by atoms with Gasteiger partial charge in [-0.3, -0.25) is 4.79 Å². The fraction of sp³-hybridized carbons (Fsp3) is 0.235. The van der Waals surface area contributed by atoms with Crippen LogP contribution >= 0.6 is 0 Å². The number of ether oxygens (including phenoxy) is 1. The molecular weight excluding hydrogens is 264 g/mol. The van der Waals surface area contributed by atoms with Crippen molar-refractivity contribution < 1.29 is 9.53 Å². The van der Waals surface area contributed by atoms with Crippen LogP contribution in [0.25, 0.3) is 0 Å². The fourth-order valence-corrected chi connectivity index (χ4v) is 2.59. The number of nitrogens with two attached hydrogens (primary N) is 1. The van der Waals surface area contributed by atoms with Crippen molar-refractivity contribution in [3.8, 4) is 11.5 Å². The van der Waals surface area contributed by atoms with Crippen LogP contribution < -0.4 is 15.8 Å². The lowest BCUT2D eigenvalue weighted by Gasteiger charge is -2.14. The minimum absolute atomic E-state index is 0.0101. The number of fused-ring (bicyclic) bond motifs is 1. The highest BCUT2D eigenvalue weighted by Crippen LogP contribution is 2.37. The first-order valence-electron chi connectivity index (χ1n) is 6.92. The van der Waals surface area contributed by atoms with Gasteiger partial charge in [-0.25, -0.2) is 0 Å². The Morgan fingerprint density at radius 3 is 2.62 bits per heavy atom. The lowest BCUT2D eigenvalue weighted by Crippen LogP contribution is -2.03. The van der Waals surface area contributed by atoms with Gasteiger partial charge in [0.2, 0.25) is 5.91 Å². The number of nitrogen functional groups attached to an aromatic ring is 1. The van der Waals surface area contributed by atoms with Crippen LogP contribution in [0.4, 0.5) is 11.4 Å². The van der Waals surface area contributed by atoms with E-state index in [1.54, 1.807) is 12.1 Å². The molecule has 0 saturated heterocycles. The van der Waals surface area contributed by atoms with Crippen LogP contribution in [0.3, 0.4) is 0 Å². The van der Waals surface area contributed by atoms with E-state index in [-0.39, 0.29) is 5.91 Å². The summed E-state index contributed by atoms with van der Waals surface area (Å²) in [4.78, 5) is 11.4. The summed E-state index contributed by atoms with van der Waals surface area (Å²) >= 11 is 0. The van der Waals surface area contributed by atoms with Gasteiger partial charge in [0.25, 0.3) is 0 Å². The summed E-state index contributed by atoms with van der Waals surface area (Å²) < 4.78 is 5.99. The van der Waals surface area contributed by atoms with E-state index < -0.39 is 0 Å². The Labute approximate surface area is 123 Å². The molecule has 4 heteroatoms. The van der Waals surface area contributed by atoms with Gasteiger partial charge in [0.15, 0.2) is 5.75 Å². The Kier molecular flexibility index (Phi) is 3.09. The van der Waals surface area contributed by atoms with Crippen molar-refractivity contribution in [1.82, 2.24) is 0 Å². The Bertz CT molecular complexity index is 751. The number of nitrogens with one attached hydrogen (secondary N) is 1. The van der Waals surface area contributed by atoms with Gasteiger partial charge in [0.05, 0.1) is 12.1 Å². The lowest BCUT2D eigenvalue weighted by atomic mass is 10.1. The predicted octanol–water partition coefficient (Wildman–Crippen LogP) is 3.48. The van der Waals surface area contributed by atoms with Crippen molar-refractivity contribution in [1.29, 1.82) is 0 Å². The third kappa shape index (κ3) is 2.44. The second kappa shape index (κ2) is 4.81. The molecule has 0 bridgehead atoms. The van der Waals surface area contributed by atoms with E-state index in [9.17, 15) is 4.79 Å². The number of rotatable bonds is 2. The van der Waals surface area contributed by atoms with Crippen LogP contribution in [0.1, 0.15) is 22.3 Å². The van der Waals surface area contributed by atoms with Crippen LogP contribution in [-0.2, 0) is 11.2 Å². The van der Waals surface area contributed by atoms with Crippen LogP contribution in [0.15, 0.2) is 24.3 Å². The summed E-state index contributed by atoms with van der Waals surface area (Å²) in [5, 5.41) is 2.81. The molecule has 0 saturated carbocycles. The summed E-state index contributed by atoms with van der Waals surface area (Å²) in [6, 6.07) is 7.72. The first-order valence-corrected chi connectivity index (χ1v) is 6.92. The third-order valence-corrected chi connectivity index (χ3v) is 3.84. The van der Waals surface area contributed by atoms with Crippen LogP contribution in [-0.4, -0.2) is 5.91 Å². The van der Waals surface area contributed by atoms with E-state index in [4.69, 9.17) is 10.5 Å². The smallest absolute Gasteiger partial charge is 0.228 e. The van der Waals surface area contributed by atoms with Crippen molar-refractivity contribution in [3.05, 3.63) is 46.5 Å². The van der Waals surface area contributed by atoms with Gasteiger partial charge in [-0.15, -0.1) is 0 Å². The van der Waals surface area contributed by atoms with E-state index in [2.05, 4.69) is 18.3 Å². The highest BCUT2D eigenvalue weighted by molar-refractivity contribution is 6.00. The Morgan fingerprint density at radius 1 is 1.10 bits per heavy atom. The van der Waals surface area contributed by atoms with E-state index in [1.807, 2.05) is 19.9 Å². The van der Waals surface area contributed by atoms with Crippen LogP contribution in [0.5, 0.6) is 11.5 Å². The molecule has 0 atom stereocenters. The molecule has 21 heavy (non-hydrogen) atoms. The molecular formula is C17H18N2O2. The number of benzene rings is 2. The first kappa shape index (κ1) is 13.5.